The molecule has 0 radical (unpaired) electrons. The quantitative estimate of drug-likeness (QED) is 0.698. The highest BCUT2D eigenvalue weighted by molar-refractivity contribution is 5.18. The van der Waals surface area contributed by atoms with Crippen molar-refractivity contribution in [2.75, 3.05) is 19.7 Å². The SMILES string of the molecule is CCCOC1(Cc2ccccc2)CCCN(Cc2ccccc2)CC1. The van der Waals surface area contributed by atoms with Gasteiger partial charge in [-0.25, -0.2) is 0 Å². The first-order chi connectivity index (χ1) is 12.3. The third-order valence-corrected chi connectivity index (χ3v) is 5.22. The number of ether oxygens (including phenoxy) is 1. The van der Waals surface area contributed by atoms with Gasteiger partial charge in [0.25, 0.3) is 0 Å². The van der Waals surface area contributed by atoms with Crippen LogP contribution in [0.5, 0.6) is 0 Å². The van der Waals surface area contributed by atoms with Crippen LogP contribution in [0.3, 0.4) is 0 Å². The highest BCUT2D eigenvalue weighted by Crippen LogP contribution is 2.31. The normalized spacial score (nSPS) is 21.8. The van der Waals surface area contributed by atoms with Gasteiger partial charge in [0.05, 0.1) is 5.60 Å². The van der Waals surface area contributed by atoms with Crippen molar-refractivity contribution in [1.29, 1.82) is 0 Å². The second-order valence-electron chi connectivity index (χ2n) is 7.31. The predicted octanol–water partition coefficient (Wildman–Crippen LogP) is 5.08. The van der Waals surface area contributed by atoms with Gasteiger partial charge in [-0.05, 0) is 43.4 Å². The molecule has 1 saturated heterocycles. The highest BCUT2D eigenvalue weighted by Gasteiger charge is 2.33. The Labute approximate surface area is 152 Å². The van der Waals surface area contributed by atoms with Gasteiger partial charge in [0, 0.05) is 26.1 Å². The first-order valence-electron chi connectivity index (χ1n) is 9.74. The number of nitrogens with zero attached hydrogens (tertiary/aromatic N) is 1. The van der Waals surface area contributed by atoms with E-state index in [2.05, 4.69) is 72.5 Å². The molecule has 0 aliphatic carbocycles. The van der Waals surface area contributed by atoms with Crippen molar-refractivity contribution in [3.05, 3.63) is 71.8 Å². The van der Waals surface area contributed by atoms with Crippen molar-refractivity contribution in [2.45, 2.75) is 51.2 Å². The lowest BCUT2D eigenvalue weighted by atomic mass is 9.87. The van der Waals surface area contributed by atoms with E-state index >= 15 is 0 Å². The number of benzene rings is 2. The van der Waals surface area contributed by atoms with E-state index in [-0.39, 0.29) is 5.60 Å². The molecule has 134 valence electrons. The number of rotatable bonds is 7. The van der Waals surface area contributed by atoms with Crippen LogP contribution >= 0.6 is 0 Å². The Morgan fingerprint density at radius 3 is 2.24 bits per heavy atom. The van der Waals surface area contributed by atoms with E-state index in [1.165, 1.54) is 24.1 Å². The van der Waals surface area contributed by atoms with Gasteiger partial charge in [-0.2, -0.15) is 0 Å². The predicted molar refractivity (Wildman–Crippen MR) is 105 cm³/mol. The molecule has 0 bridgehead atoms. The Morgan fingerprint density at radius 1 is 0.880 bits per heavy atom. The fourth-order valence-electron chi connectivity index (χ4n) is 3.88. The van der Waals surface area contributed by atoms with E-state index in [9.17, 15) is 0 Å². The van der Waals surface area contributed by atoms with Gasteiger partial charge in [0.1, 0.15) is 0 Å². The van der Waals surface area contributed by atoms with Crippen LogP contribution in [-0.2, 0) is 17.7 Å². The molecule has 1 aliphatic rings. The third-order valence-electron chi connectivity index (χ3n) is 5.22. The lowest BCUT2D eigenvalue weighted by Gasteiger charge is -2.33. The van der Waals surface area contributed by atoms with Crippen LogP contribution in [0.4, 0.5) is 0 Å². The van der Waals surface area contributed by atoms with Crippen LogP contribution < -0.4 is 0 Å². The maximum atomic E-state index is 6.48. The Morgan fingerprint density at radius 2 is 1.56 bits per heavy atom. The van der Waals surface area contributed by atoms with Crippen LogP contribution in [0.2, 0.25) is 0 Å². The molecule has 1 aliphatic heterocycles. The zero-order chi connectivity index (χ0) is 17.4. The summed E-state index contributed by atoms with van der Waals surface area (Å²) in [4.78, 5) is 2.59. The summed E-state index contributed by atoms with van der Waals surface area (Å²) in [6.07, 6.45) is 5.61. The molecule has 2 heteroatoms. The second kappa shape index (κ2) is 9.17. The molecule has 2 nitrogen and oxygen atoms in total. The van der Waals surface area contributed by atoms with Crippen LogP contribution in [0.1, 0.15) is 43.7 Å². The lowest BCUT2D eigenvalue weighted by molar-refractivity contribution is -0.0552. The average Bonchev–Trinajstić information content (AvgIpc) is 2.85. The van der Waals surface area contributed by atoms with Crippen molar-refractivity contribution < 1.29 is 4.74 Å². The summed E-state index contributed by atoms with van der Waals surface area (Å²) >= 11 is 0. The molecule has 2 aromatic rings. The Balaban J connectivity index is 1.67. The van der Waals surface area contributed by atoms with E-state index in [0.29, 0.717) is 0 Å². The first kappa shape index (κ1) is 18.2. The van der Waals surface area contributed by atoms with Crippen molar-refractivity contribution in [2.24, 2.45) is 0 Å². The zero-order valence-electron chi connectivity index (χ0n) is 15.5. The van der Waals surface area contributed by atoms with Crippen LogP contribution in [0.25, 0.3) is 0 Å². The van der Waals surface area contributed by atoms with Gasteiger partial charge < -0.3 is 4.74 Å². The van der Waals surface area contributed by atoms with E-state index in [1.54, 1.807) is 0 Å². The molecule has 1 atom stereocenters. The van der Waals surface area contributed by atoms with Crippen molar-refractivity contribution in [3.63, 3.8) is 0 Å². The smallest absolute Gasteiger partial charge is 0.0735 e. The molecule has 1 fully saturated rings. The van der Waals surface area contributed by atoms with E-state index < -0.39 is 0 Å². The summed E-state index contributed by atoms with van der Waals surface area (Å²) in [6, 6.07) is 21.7. The van der Waals surface area contributed by atoms with Gasteiger partial charge in [-0.3, -0.25) is 4.90 Å². The number of likely N-dealkylation sites (tertiary alicyclic amines) is 1. The number of hydrogen-bond acceptors (Lipinski definition) is 2. The summed E-state index contributed by atoms with van der Waals surface area (Å²) in [6.45, 7) is 6.41. The van der Waals surface area contributed by atoms with E-state index in [1.807, 2.05) is 0 Å². The minimum absolute atomic E-state index is 0.00278. The van der Waals surface area contributed by atoms with Gasteiger partial charge >= 0.3 is 0 Å². The standard InChI is InChI=1S/C23H31NO/c1-2-18-25-23(19-21-10-5-3-6-11-21)14-9-16-24(17-15-23)20-22-12-7-4-8-13-22/h3-8,10-13H,2,9,14-20H2,1H3. The zero-order valence-corrected chi connectivity index (χ0v) is 15.5. The van der Waals surface area contributed by atoms with Crippen molar-refractivity contribution >= 4 is 0 Å². The molecule has 3 rings (SSSR count). The fourth-order valence-corrected chi connectivity index (χ4v) is 3.88. The largest absolute Gasteiger partial charge is 0.375 e. The molecule has 0 aromatic heterocycles. The van der Waals surface area contributed by atoms with E-state index in [4.69, 9.17) is 4.74 Å². The average molecular weight is 338 g/mol. The number of hydrogen-bond donors (Lipinski definition) is 0. The molecule has 2 aromatic carbocycles. The summed E-state index contributed by atoms with van der Waals surface area (Å²) in [5.74, 6) is 0. The van der Waals surface area contributed by atoms with Crippen molar-refractivity contribution in [3.8, 4) is 0 Å². The minimum Gasteiger partial charge on any atom is -0.375 e. The van der Waals surface area contributed by atoms with Gasteiger partial charge in [-0.1, -0.05) is 67.6 Å². The fraction of sp³-hybridized carbons (Fsp3) is 0.478. The first-order valence-corrected chi connectivity index (χ1v) is 9.74. The lowest BCUT2D eigenvalue weighted by Crippen LogP contribution is -2.37. The Bertz CT molecular complexity index is 613. The molecule has 25 heavy (non-hydrogen) atoms. The van der Waals surface area contributed by atoms with Gasteiger partial charge in [0.2, 0.25) is 0 Å². The molecule has 1 heterocycles. The maximum Gasteiger partial charge on any atom is 0.0735 e. The molecule has 1 unspecified atom stereocenters. The highest BCUT2D eigenvalue weighted by atomic mass is 16.5. The van der Waals surface area contributed by atoms with Gasteiger partial charge in [0.15, 0.2) is 0 Å². The molecule has 0 amide bonds. The molecule has 0 spiro atoms. The summed E-state index contributed by atoms with van der Waals surface area (Å²) in [5, 5.41) is 0. The Kier molecular flexibility index (Phi) is 6.66. The molecule has 0 saturated carbocycles. The van der Waals surface area contributed by atoms with E-state index in [0.717, 1.165) is 45.4 Å². The third kappa shape index (κ3) is 5.42. The topological polar surface area (TPSA) is 12.5 Å². The van der Waals surface area contributed by atoms with Crippen LogP contribution in [-0.4, -0.2) is 30.2 Å². The monoisotopic (exact) mass is 337 g/mol. The van der Waals surface area contributed by atoms with Crippen molar-refractivity contribution in [1.82, 2.24) is 4.90 Å². The second-order valence-corrected chi connectivity index (χ2v) is 7.31. The molecular formula is C23H31NO. The summed E-state index contributed by atoms with van der Waals surface area (Å²) in [7, 11) is 0. The van der Waals surface area contributed by atoms with Gasteiger partial charge in [-0.15, -0.1) is 0 Å². The maximum absolute atomic E-state index is 6.48. The molecular weight excluding hydrogens is 306 g/mol. The van der Waals surface area contributed by atoms with Crippen LogP contribution in [0, 0.1) is 0 Å². The van der Waals surface area contributed by atoms with Crippen LogP contribution in [0.15, 0.2) is 60.7 Å². The minimum atomic E-state index is 0.00278. The summed E-state index contributed by atoms with van der Waals surface area (Å²) < 4.78 is 6.48. The molecule has 0 N–H and O–H groups in total. The Hall–Kier alpha value is -1.64. The summed E-state index contributed by atoms with van der Waals surface area (Å²) in [5.41, 5.74) is 2.81.